The lowest BCUT2D eigenvalue weighted by molar-refractivity contribution is 0.171. The molecule has 0 saturated heterocycles. The molecule has 3 nitrogen and oxygen atoms in total. The van der Waals surface area contributed by atoms with Crippen molar-refractivity contribution in [1.29, 1.82) is 0 Å². The lowest BCUT2D eigenvalue weighted by Gasteiger charge is -2.17. The molecule has 1 aromatic carbocycles. The number of benzene rings is 1. The molecule has 1 rings (SSSR count). The van der Waals surface area contributed by atoms with Crippen LogP contribution < -0.4 is 10.1 Å². The quantitative estimate of drug-likeness (QED) is 0.785. The van der Waals surface area contributed by atoms with E-state index in [2.05, 4.69) is 34.2 Å². The zero-order chi connectivity index (χ0) is 12.7. The van der Waals surface area contributed by atoms with Gasteiger partial charge in [-0.25, -0.2) is 0 Å². The third-order valence-corrected chi connectivity index (χ3v) is 3.11. The molecule has 1 atom stereocenters. The van der Waals surface area contributed by atoms with Crippen LogP contribution in [0.15, 0.2) is 22.7 Å². The first-order valence-corrected chi connectivity index (χ1v) is 6.56. The average molecular weight is 302 g/mol. The van der Waals surface area contributed by atoms with Gasteiger partial charge in [-0.15, -0.1) is 0 Å². The van der Waals surface area contributed by atoms with Crippen LogP contribution in [0.5, 0.6) is 5.75 Å². The summed E-state index contributed by atoms with van der Waals surface area (Å²) >= 11 is 3.48. The molecule has 0 aliphatic carbocycles. The third-order valence-electron chi connectivity index (χ3n) is 2.62. The normalized spacial score (nSPS) is 12.5. The number of methoxy groups -OCH3 is 1. The molecule has 17 heavy (non-hydrogen) atoms. The highest BCUT2D eigenvalue weighted by Gasteiger charge is 2.10. The molecule has 96 valence electrons. The van der Waals surface area contributed by atoms with E-state index in [-0.39, 0.29) is 6.04 Å². The summed E-state index contributed by atoms with van der Waals surface area (Å²) < 4.78 is 11.8. The summed E-state index contributed by atoms with van der Waals surface area (Å²) in [6.45, 7) is 3.52. The predicted octanol–water partition coefficient (Wildman–Crippen LogP) is 3.14. The van der Waals surface area contributed by atoms with Crippen LogP contribution in [0.25, 0.3) is 0 Å². The summed E-state index contributed by atoms with van der Waals surface area (Å²) in [6.07, 6.45) is 0.903. The van der Waals surface area contributed by atoms with Crippen LogP contribution >= 0.6 is 15.9 Å². The minimum atomic E-state index is 0.268. The first-order chi connectivity index (χ1) is 8.19. The summed E-state index contributed by atoms with van der Waals surface area (Å²) in [4.78, 5) is 0. The molecule has 0 aliphatic rings. The standard InChI is InChI=1S/C13H20BrNO2/c1-10(15-2)12-9-11(14)5-6-13(12)17-8-4-7-16-3/h5-6,9-10,15H,4,7-8H2,1-3H3. The van der Waals surface area contributed by atoms with Crippen molar-refractivity contribution >= 4 is 15.9 Å². The van der Waals surface area contributed by atoms with Crippen LogP contribution in [0.1, 0.15) is 24.9 Å². The Morgan fingerprint density at radius 2 is 2.12 bits per heavy atom. The second-order valence-electron chi connectivity index (χ2n) is 3.89. The van der Waals surface area contributed by atoms with Crippen molar-refractivity contribution in [2.24, 2.45) is 0 Å². The van der Waals surface area contributed by atoms with Gasteiger partial charge in [0.05, 0.1) is 6.61 Å². The fourth-order valence-corrected chi connectivity index (χ4v) is 1.91. The van der Waals surface area contributed by atoms with Crippen molar-refractivity contribution in [1.82, 2.24) is 5.32 Å². The van der Waals surface area contributed by atoms with Crippen LogP contribution in [0.3, 0.4) is 0 Å². The fourth-order valence-electron chi connectivity index (χ4n) is 1.53. The Kier molecular flexibility index (Phi) is 6.55. The fraction of sp³-hybridized carbons (Fsp3) is 0.538. The largest absolute Gasteiger partial charge is 0.493 e. The van der Waals surface area contributed by atoms with Gasteiger partial charge in [-0.1, -0.05) is 15.9 Å². The predicted molar refractivity (Wildman–Crippen MR) is 73.6 cm³/mol. The lowest BCUT2D eigenvalue weighted by atomic mass is 10.1. The van der Waals surface area contributed by atoms with Gasteiger partial charge in [0.25, 0.3) is 0 Å². The number of nitrogens with one attached hydrogen (secondary N) is 1. The summed E-state index contributed by atoms with van der Waals surface area (Å²) in [7, 11) is 3.65. The Bertz CT molecular complexity index is 344. The molecule has 4 heteroatoms. The minimum absolute atomic E-state index is 0.268. The summed E-state index contributed by atoms with van der Waals surface area (Å²) in [6, 6.07) is 6.36. The first kappa shape index (κ1) is 14.5. The molecule has 1 aromatic rings. The zero-order valence-electron chi connectivity index (χ0n) is 10.6. The molecule has 0 fully saturated rings. The molecule has 1 unspecified atom stereocenters. The van der Waals surface area contributed by atoms with Gasteiger partial charge in [-0.2, -0.15) is 0 Å². The molecule has 0 aromatic heterocycles. The molecule has 0 aliphatic heterocycles. The number of rotatable bonds is 7. The highest BCUT2D eigenvalue weighted by Crippen LogP contribution is 2.28. The second-order valence-corrected chi connectivity index (χ2v) is 4.80. The van der Waals surface area contributed by atoms with E-state index in [9.17, 15) is 0 Å². The molecule has 0 saturated carbocycles. The van der Waals surface area contributed by atoms with Crippen molar-refractivity contribution < 1.29 is 9.47 Å². The Morgan fingerprint density at radius 1 is 1.35 bits per heavy atom. The van der Waals surface area contributed by atoms with Crippen LogP contribution in [-0.4, -0.2) is 27.4 Å². The van der Waals surface area contributed by atoms with Crippen molar-refractivity contribution in [3.05, 3.63) is 28.2 Å². The summed E-state index contributed by atoms with van der Waals surface area (Å²) in [5.74, 6) is 0.936. The lowest BCUT2D eigenvalue weighted by Crippen LogP contribution is -2.14. The SMILES string of the molecule is CNC(C)c1cc(Br)ccc1OCCCOC. The van der Waals surface area contributed by atoms with Crippen LogP contribution in [-0.2, 0) is 4.74 Å². The topological polar surface area (TPSA) is 30.5 Å². The molecule has 0 bridgehead atoms. The Labute approximate surface area is 112 Å². The molecular formula is C13H20BrNO2. The van der Waals surface area contributed by atoms with E-state index in [4.69, 9.17) is 9.47 Å². The third kappa shape index (κ3) is 4.66. The molecule has 0 radical (unpaired) electrons. The zero-order valence-corrected chi connectivity index (χ0v) is 12.2. The number of hydrogen-bond donors (Lipinski definition) is 1. The smallest absolute Gasteiger partial charge is 0.124 e. The van der Waals surface area contributed by atoms with Gasteiger partial charge in [-0.3, -0.25) is 0 Å². The van der Waals surface area contributed by atoms with E-state index >= 15 is 0 Å². The minimum Gasteiger partial charge on any atom is -0.493 e. The van der Waals surface area contributed by atoms with Crippen molar-refractivity contribution in [2.75, 3.05) is 27.4 Å². The number of halogens is 1. The Hall–Kier alpha value is -0.580. The Balaban J connectivity index is 2.69. The average Bonchev–Trinajstić information content (AvgIpc) is 2.35. The van der Waals surface area contributed by atoms with Crippen molar-refractivity contribution in [3.63, 3.8) is 0 Å². The second kappa shape index (κ2) is 7.69. The van der Waals surface area contributed by atoms with E-state index in [1.54, 1.807) is 7.11 Å². The van der Waals surface area contributed by atoms with Crippen molar-refractivity contribution in [2.45, 2.75) is 19.4 Å². The molecular weight excluding hydrogens is 282 g/mol. The van der Waals surface area contributed by atoms with E-state index < -0.39 is 0 Å². The highest BCUT2D eigenvalue weighted by molar-refractivity contribution is 9.10. The summed E-state index contributed by atoms with van der Waals surface area (Å²) in [5.41, 5.74) is 1.17. The van der Waals surface area contributed by atoms with Crippen LogP contribution in [0, 0.1) is 0 Å². The van der Waals surface area contributed by atoms with Crippen LogP contribution in [0.2, 0.25) is 0 Å². The van der Waals surface area contributed by atoms with Gasteiger partial charge in [-0.05, 0) is 32.2 Å². The summed E-state index contributed by atoms with van der Waals surface area (Å²) in [5, 5.41) is 3.22. The maximum Gasteiger partial charge on any atom is 0.124 e. The van der Waals surface area contributed by atoms with E-state index in [1.807, 2.05) is 19.2 Å². The molecule has 0 heterocycles. The Morgan fingerprint density at radius 3 is 2.76 bits per heavy atom. The van der Waals surface area contributed by atoms with E-state index in [1.165, 1.54) is 5.56 Å². The highest BCUT2D eigenvalue weighted by atomic mass is 79.9. The number of ether oxygens (including phenoxy) is 2. The van der Waals surface area contributed by atoms with Crippen LogP contribution in [0.4, 0.5) is 0 Å². The van der Waals surface area contributed by atoms with Gasteiger partial charge in [0.2, 0.25) is 0 Å². The number of hydrogen-bond acceptors (Lipinski definition) is 3. The molecule has 0 spiro atoms. The van der Waals surface area contributed by atoms with Gasteiger partial charge in [0.15, 0.2) is 0 Å². The monoisotopic (exact) mass is 301 g/mol. The maximum atomic E-state index is 5.78. The maximum absolute atomic E-state index is 5.78. The van der Waals surface area contributed by atoms with Gasteiger partial charge in [0, 0.05) is 36.2 Å². The van der Waals surface area contributed by atoms with E-state index in [0.717, 1.165) is 23.2 Å². The van der Waals surface area contributed by atoms with Crippen molar-refractivity contribution in [3.8, 4) is 5.75 Å². The van der Waals surface area contributed by atoms with Gasteiger partial charge < -0.3 is 14.8 Å². The molecule has 1 N–H and O–H groups in total. The molecule has 0 amide bonds. The van der Waals surface area contributed by atoms with E-state index in [0.29, 0.717) is 6.61 Å². The van der Waals surface area contributed by atoms with Gasteiger partial charge >= 0.3 is 0 Å². The van der Waals surface area contributed by atoms with Gasteiger partial charge in [0.1, 0.15) is 5.75 Å². The first-order valence-electron chi connectivity index (χ1n) is 5.77.